The summed E-state index contributed by atoms with van der Waals surface area (Å²) in [5.41, 5.74) is 0.00165. The van der Waals surface area contributed by atoms with Crippen molar-refractivity contribution in [1.29, 1.82) is 5.26 Å². The summed E-state index contributed by atoms with van der Waals surface area (Å²) in [5.74, 6) is -0.415. The van der Waals surface area contributed by atoms with E-state index in [1.807, 2.05) is 26.8 Å². The molecule has 32 heavy (non-hydrogen) atoms. The van der Waals surface area contributed by atoms with Crippen molar-refractivity contribution in [2.24, 2.45) is 11.3 Å². The number of carbonyl (C=O) groups is 1. The van der Waals surface area contributed by atoms with E-state index >= 15 is 0 Å². The summed E-state index contributed by atoms with van der Waals surface area (Å²) in [7, 11) is 0. The van der Waals surface area contributed by atoms with Gasteiger partial charge in [0.15, 0.2) is 0 Å². The average molecular weight is 478 g/mol. The van der Waals surface area contributed by atoms with Crippen molar-refractivity contribution in [3.63, 3.8) is 0 Å². The van der Waals surface area contributed by atoms with E-state index in [-0.39, 0.29) is 30.6 Å². The van der Waals surface area contributed by atoms with Gasteiger partial charge in [-0.2, -0.15) is 5.26 Å². The Bertz CT molecular complexity index is 1100. The predicted octanol–water partition coefficient (Wildman–Crippen LogP) is 4.81. The minimum atomic E-state index is -1.05. The first-order valence-electron chi connectivity index (χ1n) is 10.2. The fourth-order valence-corrected chi connectivity index (χ4v) is 4.14. The molecule has 2 heterocycles. The number of rotatable bonds is 3. The standard InChI is InChI=1S/C23H25Cl2N3O4/c1-23(2,3)19-13-28(22(30)31)12-16(11-27-8-4-5-15(10-26)21(27)29)20(32-19)14-6-7-17(24)18(25)9-14/h4-9,16,19-20H,11-13H2,1-3H3,(H,30,31)/t16-,19?,20+/m1/s1. The molecule has 0 bridgehead atoms. The number of pyridine rings is 1. The molecule has 3 atom stereocenters. The van der Waals surface area contributed by atoms with Gasteiger partial charge in [0.2, 0.25) is 0 Å². The Balaban J connectivity index is 2.10. The van der Waals surface area contributed by atoms with E-state index in [4.69, 9.17) is 27.9 Å². The van der Waals surface area contributed by atoms with Crippen molar-refractivity contribution in [2.75, 3.05) is 13.1 Å². The van der Waals surface area contributed by atoms with Gasteiger partial charge >= 0.3 is 6.09 Å². The fraction of sp³-hybridized carbons (Fsp3) is 0.435. The molecule has 170 valence electrons. The molecule has 0 radical (unpaired) electrons. The molecule has 0 spiro atoms. The molecular formula is C23H25Cl2N3O4. The summed E-state index contributed by atoms with van der Waals surface area (Å²) >= 11 is 12.4. The maximum absolute atomic E-state index is 12.7. The van der Waals surface area contributed by atoms with Gasteiger partial charge in [0, 0.05) is 25.2 Å². The lowest BCUT2D eigenvalue weighted by Crippen LogP contribution is -2.42. The summed E-state index contributed by atoms with van der Waals surface area (Å²) in [6, 6.07) is 10.2. The molecule has 1 saturated heterocycles. The zero-order valence-electron chi connectivity index (χ0n) is 18.1. The van der Waals surface area contributed by atoms with Crippen LogP contribution >= 0.6 is 23.2 Å². The number of benzene rings is 1. The van der Waals surface area contributed by atoms with Crippen molar-refractivity contribution in [2.45, 2.75) is 39.5 Å². The maximum Gasteiger partial charge on any atom is 0.407 e. The topological polar surface area (TPSA) is 95.6 Å². The predicted molar refractivity (Wildman–Crippen MR) is 122 cm³/mol. The Labute approximate surface area is 196 Å². The third-order valence-electron chi connectivity index (χ3n) is 5.66. The maximum atomic E-state index is 12.7. The van der Waals surface area contributed by atoms with Crippen LogP contribution in [0.4, 0.5) is 4.79 Å². The highest BCUT2D eigenvalue weighted by molar-refractivity contribution is 6.42. The normalized spacial score (nSPS) is 21.6. The summed E-state index contributed by atoms with van der Waals surface area (Å²) in [6.45, 7) is 6.48. The van der Waals surface area contributed by atoms with Crippen molar-refractivity contribution >= 4 is 29.3 Å². The van der Waals surface area contributed by atoms with Gasteiger partial charge in [0.1, 0.15) is 11.6 Å². The molecule has 0 saturated carbocycles. The Morgan fingerprint density at radius 3 is 2.56 bits per heavy atom. The van der Waals surface area contributed by atoms with Crippen molar-refractivity contribution in [3.8, 4) is 6.07 Å². The fourth-order valence-electron chi connectivity index (χ4n) is 3.83. The number of nitrogens with zero attached hydrogens (tertiary/aromatic N) is 3. The van der Waals surface area contributed by atoms with Crippen molar-refractivity contribution < 1.29 is 14.6 Å². The highest BCUT2D eigenvalue weighted by Gasteiger charge is 2.40. The van der Waals surface area contributed by atoms with Gasteiger partial charge in [-0.3, -0.25) is 4.79 Å². The van der Waals surface area contributed by atoms with Crippen LogP contribution < -0.4 is 5.56 Å². The van der Waals surface area contributed by atoms with Gasteiger partial charge in [-0.1, -0.05) is 50.0 Å². The molecule has 1 amide bonds. The number of hydrogen-bond acceptors (Lipinski definition) is 4. The second-order valence-electron chi connectivity index (χ2n) is 9.02. The molecule has 1 aromatic heterocycles. The number of aromatic nitrogens is 1. The van der Waals surface area contributed by atoms with E-state index in [1.54, 1.807) is 30.5 Å². The summed E-state index contributed by atoms with van der Waals surface area (Å²) < 4.78 is 7.96. The quantitative estimate of drug-likeness (QED) is 0.683. The van der Waals surface area contributed by atoms with Crippen LogP contribution in [0.1, 0.15) is 38.0 Å². The average Bonchev–Trinajstić information content (AvgIpc) is 2.92. The van der Waals surface area contributed by atoms with E-state index < -0.39 is 29.8 Å². The van der Waals surface area contributed by atoms with Crippen LogP contribution in [-0.4, -0.2) is 39.9 Å². The van der Waals surface area contributed by atoms with Crippen LogP contribution in [0.3, 0.4) is 0 Å². The van der Waals surface area contributed by atoms with Crippen LogP contribution in [0, 0.1) is 22.7 Å². The molecule has 3 rings (SSSR count). The number of ether oxygens (including phenoxy) is 1. The zero-order chi connectivity index (χ0) is 23.6. The summed E-state index contributed by atoms with van der Waals surface area (Å²) in [5, 5.41) is 19.8. The molecule has 1 aliphatic rings. The van der Waals surface area contributed by atoms with Crippen LogP contribution in [0.25, 0.3) is 0 Å². The van der Waals surface area contributed by atoms with Gasteiger partial charge in [-0.05, 0) is 35.2 Å². The van der Waals surface area contributed by atoms with Crippen molar-refractivity contribution in [3.05, 3.63) is 68.1 Å². The summed E-state index contributed by atoms with van der Waals surface area (Å²) in [4.78, 5) is 26.0. The van der Waals surface area contributed by atoms with Crippen LogP contribution in [0.2, 0.25) is 10.0 Å². The van der Waals surface area contributed by atoms with Crippen molar-refractivity contribution in [1.82, 2.24) is 9.47 Å². The number of nitriles is 1. The number of carboxylic acid groups (broad SMARTS) is 1. The monoisotopic (exact) mass is 477 g/mol. The van der Waals surface area contributed by atoms with Crippen LogP contribution in [-0.2, 0) is 11.3 Å². The second kappa shape index (κ2) is 9.53. The van der Waals surface area contributed by atoms with E-state index in [0.717, 1.165) is 5.56 Å². The summed E-state index contributed by atoms with van der Waals surface area (Å²) in [6.07, 6.45) is -0.409. The Morgan fingerprint density at radius 1 is 1.25 bits per heavy atom. The van der Waals surface area contributed by atoms with Crippen LogP contribution in [0.5, 0.6) is 0 Å². The lowest BCUT2D eigenvalue weighted by molar-refractivity contribution is -0.0789. The molecule has 1 unspecified atom stereocenters. The molecule has 1 N–H and O–H groups in total. The molecule has 1 fully saturated rings. The molecule has 9 heteroatoms. The van der Waals surface area contributed by atoms with Crippen LogP contribution in [0.15, 0.2) is 41.3 Å². The van der Waals surface area contributed by atoms with E-state index in [2.05, 4.69) is 0 Å². The minimum absolute atomic E-state index is 0.0239. The van der Waals surface area contributed by atoms with Gasteiger partial charge < -0.3 is 19.3 Å². The SMILES string of the molecule is CC(C)(C)C1CN(C(=O)O)C[C@@H](Cn2cccc(C#N)c2=O)[C@H](c2ccc(Cl)c(Cl)c2)O1. The number of halogens is 2. The highest BCUT2D eigenvalue weighted by Crippen LogP contribution is 2.39. The third-order valence-corrected chi connectivity index (χ3v) is 6.40. The lowest BCUT2D eigenvalue weighted by atomic mass is 9.88. The zero-order valence-corrected chi connectivity index (χ0v) is 19.6. The largest absolute Gasteiger partial charge is 0.465 e. The first-order chi connectivity index (χ1) is 15.0. The number of amides is 1. The smallest absolute Gasteiger partial charge is 0.407 e. The highest BCUT2D eigenvalue weighted by atomic mass is 35.5. The molecular weight excluding hydrogens is 453 g/mol. The first kappa shape index (κ1) is 24.1. The van der Waals surface area contributed by atoms with E-state index in [9.17, 15) is 20.0 Å². The molecule has 1 aromatic carbocycles. The Morgan fingerprint density at radius 2 is 1.97 bits per heavy atom. The molecule has 2 aromatic rings. The molecule has 1 aliphatic heterocycles. The molecule has 0 aliphatic carbocycles. The first-order valence-corrected chi connectivity index (χ1v) is 10.9. The Hall–Kier alpha value is -2.53. The van der Waals surface area contributed by atoms with Gasteiger partial charge in [-0.25, -0.2) is 4.79 Å². The van der Waals surface area contributed by atoms with E-state index in [0.29, 0.717) is 10.0 Å². The lowest BCUT2D eigenvalue weighted by Gasteiger charge is -2.34. The van der Waals surface area contributed by atoms with Gasteiger partial charge in [0.25, 0.3) is 5.56 Å². The van der Waals surface area contributed by atoms with E-state index in [1.165, 1.54) is 15.5 Å². The Kier molecular flexibility index (Phi) is 7.19. The van der Waals surface area contributed by atoms with Gasteiger partial charge in [-0.15, -0.1) is 0 Å². The molecule has 7 nitrogen and oxygen atoms in total. The third kappa shape index (κ3) is 5.26. The van der Waals surface area contributed by atoms with Gasteiger partial charge in [0.05, 0.1) is 28.8 Å². The number of hydrogen-bond donors (Lipinski definition) is 1. The second-order valence-corrected chi connectivity index (χ2v) is 9.84. The minimum Gasteiger partial charge on any atom is -0.465 e.